The minimum atomic E-state index is 0.284. The van der Waals surface area contributed by atoms with Gasteiger partial charge in [0.25, 0.3) is 0 Å². The molecule has 2 atom stereocenters. The minimum Gasteiger partial charge on any atom is -0.292 e. The molecule has 0 N–H and O–H groups in total. The lowest BCUT2D eigenvalue weighted by molar-refractivity contribution is 0.677. The van der Waals surface area contributed by atoms with Crippen molar-refractivity contribution < 1.29 is 0 Å². The molecule has 0 aliphatic heterocycles. The second-order valence-electron chi connectivity index (χ2n) is 12.4. The van der Waals surface area contributed by atoms with Crippen LogP contribution in [-0.4, -0.2) is 9.55 Å². The Hall–Kier alpha value is -5.73. The van der Waals surface area contributed by atoms with Crippen molar-refractivity contribution in [3.63, 3.8) is 0 Å². The number of aromatic nitrogens is 2. The first-order chi connectivity index (χ1) is 22.8. The summed E-state index contributed by atoms with van der Waals surface area (Å²) in [4.78, 5) is 5.10. The van der Waals surface area contributed by atoms with Crippen LogP contribution in [-0.2, 0) is 0 Å². The van der Waals surface area contributed by atoms with Crippen LogP contribution in [0.1, 0.15) is 35.4 Å². The summed E-state index contributed by atoms with van der Waals surface area (Å²) < 4.78 is 2.26. The Morgan fingerprint density at radius 1 is 0.543 bits per heavy atom. The van der Waals surface area contributed by atoms with E-state index in [0.29, 0.717) is 5.92 Å². The topological polar surface area (TPSA) is 17.8 Å². The van der Waals surface area contributed by atoms with Gasteiger partial charge in [0.15, 0.2) is 0 Å². The first-order valence-electron chi connectivity index (χ1n) is 16.1. The zero-order chi connectivity index (χ0) is 30.6. The predicted octanol–water partition coefficient (Wildman–Crippen LogP) is 11.6. The molecule has 0 spiro atoms. The molecular formula is C44H32N2. The monoisotopic (exact) mass is 588 g/mol. The minimum absolute atomic E-state index is 0.284. The van der Waals surface area contributed by atoms with Crippen molar-refractivity contribution in [2.24, 2.45) is 0 Å². The number of fused-ring (bicyclic) bond motifs is 4. The van der Waals surface area contributed by atoms with Gasteiger partial charge in [-0.05, 0) is 79.5 Å². The zero-order valence-corrected chi connectivity index (χ0v) is 25.6. The molecule has 0 saturated carbocycles. The van der Waals surface area contributed by atoms with Crippen molar-refractivity contribution in [1.29, 1.82) is 0 Å². The van der Waals surface area contributed by atoms with Gasteiger partial charge in [0.05, 0.1) is 11.0 Å². The van der Waals surface area contributed by atoms with Gasteiger partial charge in [0.2, 0.25) is 0 Å². The Balaban J connectivity index is 1.22. The lowest BCUT2D eigenvalue weighted by Gasteiger charge is -2.30. The highest BCUT2D eigenvalue weighted by Crippen LogP contribution is 2.48. The van der Waals surface area contributed by atoms with E-state index in [1.54, 1.807) is 0 Å². The van der Waals surface area contributed by atoms with Crippen molar-refractivity contribution >= 4 is 38.7 Å². The van der Waals surface area contributed by atoms with E-state index in [9.17, 15) is 0 Å². The number of para-hydroxylation sites is 3. The van der Waals surface area contributed by atoms with Gasteiger partial charge in [-0.2, -0.15) is 0 Å². The van der Waals surface area contributed by atoms with Gasteiger partial charge in [-0.25, -0.2) is 4.98 Å². The van der Waals surface area contributed by atoms with Crippen LogP contribution in [0, 0.1) is 0 Å². The number of hydrogen-bond donors (Lipinski definition) is 0. The van der Waals surface area contributed by atoms with Crippen LogP contribution in [0.5, 0.6) is 0 Å². The van der Waals surface area contributed by atoms with E-state index in [2.05, 4.69) is 175 Å². The Bertz CT molecular complexity index is 2370. The molecule has 0 bridgehead atoms. The molecule has 0 radical (unpaired) electrons. The van der Waals surface area contributed by atoms with Crippen LogP contribution >= 0.6 is 0 Å². The Labute approximate surface area is 268 Å². The third-order valence-corrected chi connectivity index (χ3v) is 9.82. The summed E-state index contributed by atoms with van der Waals surface area (Å²) in [5, 5.41) is 5.24. The Morgan fingerprint density at radius 2 is 1.13 bits per heavy atom. The number of imidazole rings is 1. The molecule has 9 rings (SSSR count). The molecule has 0 fully saturated rings. The summed E-state index contributed by atoms with van der Waals surface area (Å²) in [7, 11) is 0. The Kier molecular flexibility index (Phi) is 6.21. The summed E-state index contributed by atoms with van der Waals surface area (Å²) in [5.74, 6) is 1.61. The standard InChI is InChI=1S/C44H32N2/c1-29-34-16-6-5-13-30(34)27-28-35(29)43-38-19-9-7-17-36(38)42(37-18-8-10-20-39(37)43)31-23-25-32(26-24-31)44-45-40-21-11-12-22-41(40)46(44)33-14-3-2-4-15-33/h2-29,35H,1H3. The molecule has 2 heteroatoms. The highest BCUT2D eigenvalue weighted by Gasteiger charge is 2.28. The number of rotatable bonds is 4. The first kappa shape index (κ1) is 26.7. The predicted molar refractivity (Wildman–Crippen MR) is 194 cm³/mol. The van der Waals surface area contributed by atoms with Gasteiger partial charge >= 0.3 is 0 Å². The lowest BCUT2D eigenvalue weighted by Crippen LogP contribution is -2.12. The normalized spacial score (nSPS) is 15.8. The quantitative estimate of drug-likeness (QED) is 0.187. The van der Waals surface area contributed by atoms with Crippen molar-refractivity contribution in [3.8, 4) is 28.2 Å². The number of allylic oxidation sites excluding steroid dienone is 1. The van der Waals surface area contributed by atoms with Crippen molar-refractivity contribution in [2.45, 2.75) is 18.8 Å². The molecule has 8 aromatic rings. The van der Waals surface area contributed by atoms with Gasteiger partial charge in [-0.1, -0.05) is 146 Å². The molecule has 0 saturated heterocycles. The molecule has 2 nitrogen and oxygen atoms in total. The van der Waals surface area contributed by atoms with Gasteiger partial charge in [0.1, 0.15) is 5.82 Å². The van der Waals surface area contributed by atoms with Crippen molar-refractivity contribution in [3.05, 3.63) is 174 Å². The average molecular weight is 589 g/mol. The first-order valence-corrected chi connectivity index (χ1v) is 16.1. The lowest BCUT2D eigenvalue weighted by atomic mass is 9.73. The summed E-state index contributed by atoms with van der Waals surface area (Å²) in [6.07, 6.45) is 4.74. The van der Waals surface area contributed by atoms with Crippen LogP contribution in [0.3, 0.4) is 0 Å². The van der Waals surface area contributed by atoms with E-state index < -0.39 is 0 Å². The van der Waals surface area contributed by atoms with Gasteiger partial charge < -0.3 is 0 Å². The number of benzene rings is 7. The van der Waals surface area contributed by atoms with Crippen LogP contribution in [0.4, 0.5) is 0 Å². The van der Waals surface area contributed by atoms with E-state index in [1.165, 1.54) is 49.4 Å². The molecule has 2 unspecified atom stereocenters. The average Bonchev–Trinajstić information content (AvgIpc) is 3.51. The molecule has 7 aromatic carbocycles. The summed E-state index contributed by atoms with van der Waals surface area (Å²) in [6, 6.07) is 54.7. The largest absolute Gasteiger partial charge is 0.292 e. The van der Waals surface area contributed by atoms with Gasteiger partial charge in [-0.3, -0.25) is 4.57 Å². The molecule has 46 heavy (non-hydrogen) atoms. The highest BCUT2D eigenvalue weighted by atomic mass is 15.1. The fraction of sp³-hybridized carbons (Fsp3) is 0.0682. The van der Waals surface area contributed by atoms with Crippen molar-refractivity contribution in [1.82, 2.24) is 9.55 Å². The van der Waals surface area contributed by atoms with E-state index in [-0.39, 0.29) is 5.92 Å². The molecule has 0 amide bonds. The highest BCUT2D eigenvalue weighted by molar-refractivity contribution is 6.15. The van der Waals surface area contributed by atoms with Crippen LogP contribution in [0.2, 0.25) is 0 Å². The van der Waals surface area contributed by atoms with Crippen LogP contribution < -0.4 is 0 Å². The van der Waals surface area contributed by atoms with E-state index in [4.69, 9.17) is 4.98 Å². The number of hydrogen-bond acceptors (Lipinski definition) is 1. The SMILES string of the molecule is CC1c2ccccc2C=CC1c1c2ccccc2c(-c2ccc(-c3nc4ccccc4n3-c3ccccc3)cc2)c2ccccc12. The van der Waals surface area contributed by atoms with E-state index in [1.807, 2.05) is 0 Å². The molecular weight excluding hydrogens is 556 g/mol. The molecule has 218 valence electrons. The third kappa shape index (κ3) is 4.14. The molecule has 1 aliphatic carbocycles. The molecule has 1 heterocycles. The van der Waals surface area contributed by atoms with E-state index >= 15 is 0 Å². The number of nitrogens with zero attached hydrogens (tertiary/aromatic N) is 2. The zero-order valence-electron chi connectivity index (χ0n) is 25.6. The third-order valence-electron chi connectivity index (χ3n) is 9.82. The molecule has 1 aliphatic rings. The maximum absolute atomic E-state index is 5.10. The Morgan fingerprint density at radius 3 is 1.87 bits per heavy atom. The van der Waals surface area contributed by atoms with Gasteiger partial charge in [0, 0.05) is 17.2 Å². The molecule has 1 aromatic heterocycles. The summed E-state index contributed by atoms with van der Waals surface area (Å²) in [6.45, 7) is 2.38. The van der Waals surface area contributed by atoms with Gasteiger partial charge in [-0.15, -0.1) is 0 Å². The summed E-state index contributed by atoms with van der Waals surface area (Å²) in [5.41, 5.74) is 11.0. The van der Waals surface area contributed by atoms with Crippen LogP contribution in [0.15, 0.2) is 158 Å². The smallest absolute Gasteiger partial charge is 0.145 e. The van der Waals surface area contributed by atoms with Crippen molar-refractivity contribution in [2.75, 3.05) is 0 Å². The second-order valence-corrected chi connectivity index (χ2v) is 12.4. The van der Waals surface area contributed by atoms with Crippen LogP contribution in [0.25, 0.3) is 66.9 Å². The maximum atomic E-state index is 5.10. The fourth-order valence-corrected chi connectivity index (χ4v) is 7.67. The summed E-state index contributed by atoms with van der Waals surface area (Å²) >= 11 is 0. The van der Waals surface area contributed by atoms with E-state index in [0.717, 1.165) is 28.1 Å². The second kappa shape index (κ2) is 10.7. The fourth-order valence-electron chi connectivity index (χ4n) is 7.67. The maximum Gasteiger partial charge on any atom is 0.145 e.